The van der Waals surface area contributed by atoms with E-state index in [9.17, 15) is 4.39 Å². The summed E-state index contributed by atoms with van der Waals surface area (Å²) in [6.07, 6.45) is 0.920. The summed E-state index contributed by atoms with van der Waals surface area (Å²) in [5, 5.41) is 3.24. The lowest BCUT2D eigenvalue weighted by molar-refractivity contribution is 0.628. The van der Waals surface area contributed by atoms with E-state index in [4.69, 9.17) is 5.73 Å². The maximum Gasteiger partial charge on any atom is 0.125 e. The van der Waals surface area contributed by atoms with E-state index in [-0.39, 0.29) is 5.82 Å². The monoisotopic (exact) mass is 258 g/mol. The van der Waals surface area contributed by atoms with Crippen LogP contribution < -0.4 is 11.1 Å². The fourth-order valence-electron chi connectivity index (χ4n) is 2.15. The van der Waals surface area contributed by atoms with Crippen LogP contribution in [-0.2, 0) is 6.42 Å². The van der Waals surface area contributed by atoms with E-state index in [0.717, 1.165) is 18.7 Å². The van der Waals surface area contributed by atoms with Crippen molar-refractivity contribution < 1.29 is 4.39 Å². The van der Waals surface area contributed by atoms with Crippen molar-refractivity contribution in [3.05, 3.63) is 58.9 Å². The SMILES string of the molecule is Cc1ccc(CCNc2ccc(F)cc2N)c(C)c1. The first-order valence-electron chi connectivity index (χ1n) is 6.41. The van der Waals surface area contributed by atoms with Gasteiger partial charge in [0.1, 0.15) is 5.82 Å². The molecule has 0 amide bonds. The van der Waals surface area contributed by atoms with E-state index in [1.165, 1.54) is 28.8 Å². The minimum atomic E-state index is -0.308. The quantitative estimate of drug-likeness (QED) is 0.821. The zero-order valence-electron chi connectivity index (χ0n) is 11.3. The maximum atomic E-state index is 12.9. The van der Waals surface area contributed by atoms with E-state index in [1.807, 2.05) is 0 Å². The highest BCUT2D eigenvalue weighted by atomic mass is 19.1. The maximum absolute atomic E-state index is 12.9. The molecule has 3 N–H and O–H groups in total. The standard InChI is InChI=1S/C16H19FN2/c1-11-3-4-13(12(2)9-11)7-8-19-16-6-5-14(17)10-15(16)18/h3-6,9-10,19H,7-8,18H2,1-2H3. The molecular weight excluding hydrogens is 239 g/mol. The number of halogens is 1. The third kappa shape index (κ3) is 3.47. The first-order valence-corrected chi connectivity index (χ1v) is 6.41. The summed E-state index contributed by atoms with van der Waals surface area (Å²) in [5.74, 6) is -0.308. The lowest BCUT2D eigenvalue weighted by atomic mass is 10.0. The van der Waals surface area contributed by atoms with Gasteiger partial charge in [0.25, 0.3) is 0 Å². The number of anilines is 2. The predicted octanol–water partition coefficient (Wildman–Crippen LogP) is 3.68. The molecule has 2 rings (SSSR count). The largest absolute Gasteiger partial charge is 0.397 e. The highest BCUT2D eigenvalue weighted by molar-refractivity contribution is 5.65. The summed E-state index contributed by atoms with van der Waals surface area (Å²) in [4.78, 5) is 0. The summed E-state index contributed by atoms with van der Waals surface area (Å²) < 4.78 is 12.9. The Morgan fingerprint density at radius 1 is 1.11 bits per heavy atom. The minimum absolute atomic E-state index is 0.308. The molecule has 2 nitrogen and oxygen atoms in total. The Hall–Kier alpha value is -2.03. The number of nitrogen functional groups attached to an aromatic ring is 1. The highest BCUT2D eigenvalue weighted by Gasteiger charge is 2.02. The van der Waals surface area contributed by atoms with Crippen molar-refractivity contribution in [1.29, 1.82) is 0 Å². The Balaban J connectivity index is 1.96. The summed E-state index contributed by atoms with van der Waals surface area (Å²) in [7, 11) is 0. The molecule has 19 heavy (non-hydrogen) atoms. The van der Waals surface area contributed by atoms with Crippen LogP contribution in [0.25, 0.3) is 0 Å². The lowest BCUT2D eigenvalue weighted by Crippen LogP contribution is -2.08. The molecule has 0 aliphatic heterocycles. The molecule has 0 aliphatic carbocycles. The van der Waals surface area contributed by atoms with Crippen molar-refractivity contribution in [2.45, 2.75) is 20.3 Å². The van der Waals surface area contributed by atoms with Crippen LogP contribution in [-0.4, -0.2) is 6.54 Å². The number of nitrogens with one attached hydrogen (secondary N) is 1. The average Bonchev–Trinajstić information content (AvgIpc) is 2.34. The van der Waals surface area contributed by atoms with Gasteiger partial charge in [-0.1, -0.05) is 23.8 Å². The van der Waals surface area contributed by atoms with E-state index < -0.39 is 0 Å². The topological polar surface area (TPSA) is 38.0 Å². The molecule has 100 valence electrons. The Bertz CT molecular complexity index is 527. The first-order chi connectivity index (χ1) is 9.06. The molecule has 0 spiro atoms. The van der Waals surface area contributed by atoms with Crippen LogP contribution in [0.3, 0.4) is 0 Å². The predicted molar refractivity (Wildman–Crippen MR) is 78.9 cm³/mol. The average molecular weight is 258 g/mol. The number of rotatable bonds is 4. The van der Waals surface area contributed by atoms with Crippen LogP contribution in [0.1, 0.15) is 16.7 Å². The van der Waals surface area contributed by atoms with Crippen molar-refractivity contribution in [3.63, 3.8) is 0 Å². The van der Waals surface area contributed by atoms with Gasteiger partial charge >= 0.3 is 0 Å². The third-order valence-corrected chi connectivity index (χ3v) is 3.22. The van der Waals surface area contributed by atoms with Crippen LogP contribution in [0.2, 0.25) is 0 Å². The Kier molecular flexibility index (Phi) is 4.05. The second-order valence-corrected chi connectivity index (χ2v) is 4.84. The van der Waals surface area contributed by atoms with Gasteiger partial charge in [-0.3, -0.25) is 0 Å². The number of nitrogens with two attached hydrogens (primary N) is 1. The molecule has 0 bridgehead atoms. The number of hydrogen-bond donors (Lipinski definition) is 2. The Morgan fingerprint density at radius 2 is 1.89 bits per heavy atom. The van der Waals surface area contributed by atoms with Gasteiger partial charge in [-0.05, 0) is 49.6 Å². The van der Waals surface area contributed by atoms with Crippen LogP contribution in [0.4, 0.5) is 15.8 Å². The molecule has 3 heteroatoms. The van der Waals surface area contributed by atoms with E-state index in [0.29, 0.717) is 5.69 Å². The van der Waals surface area contributed by atoms with Crippen LogP contribution in [0.5, 0.6) is 0 Å². The van der Waals surface area contributed by atoms with Gasteiger partial charge in [-0.25, -0.2) is 4.39 Å². The zero-order valence-corrected chi connectivity index (χ0v) is 11.3. The summed E-state index contributed by atoms with van der Waals surface area (Å²) in [5.41, 5.74) is 10.9. The van der Waals surface area contributed by atoms with Crippen molar-refractivity contribution >= 4 is 11.4 Å². The molecule has 2 aromatic rings. The minimum Gasteiger partial charge on any atom is -0.397 e. The number of hydrogen-bond acceptors (Lipinski definition) is 2. The fourth-order valence-corrected chi connectivity index (χ4v) is 2.15. The van der Waals surface area contributed by atoms with Crippen molar-refractivity contribution in [2.75, 3.05) is 17.6 Å². The first kappa shape index (κ1) is 13.4. The zero-order chi connectivity index (χ0) is 13.8. The van der Waals surface area contributed by atoms with Gasteiger partial charge < -0.3 is 11.1 Å². The summed E-state index contributed by atoms with van der Waals surface area (Å²) >= 11 is 0. The molecule has 0 saturated carbocycles. The number of aryl methyl sites for hydroxylation is 2. The molecule has 0 heterocycles. The molecule has 0 saturated heterocycles. The highest BCUT2D eigenvalue weighted by Crippen LogP contribution is 2.19. The van der Waals surface area contributed by atoms with Gasteiger partial charge in [0, 0.05) is 6.54 Å². The smallest absolute Gasteiger partial charge is 0.125 e. The van der Waals surface area contributed by atoms with E-state index in [1.54, 1.807) is 6.07 Å². The van der Waals surface area contributed by atoms with Crippen molar-refractivity contribution in [3.8, 4) is 0 Å². The Morgan fingerprint density at radius 3 is 2.58 bits per heavy atom. The van der Waals surface area contributed by atoms with E-state index in [2.05, 4.69) is 37.4 Å². The second kappa shape index (κ2) is 5.74. The number of benzene rings is 2. The van der Waals surface area contributed by atoms with Gasteiger partial charge in [0.15, 0.2) is 0 Å². The molecule has 0 aliphatic rings. The Labute approximate surface area is 113 Å². The normalized spacial score (nSPS) is 10.5. The molecule has 0 radical (unpaired) electrons. The van der Waals surface area contributed by atoms with Gasteiger partial charge in [-0.15, -0.1) is 0 Å². The summed E-state index contributed by atoms with van der Waals surface area (Å²) in [6.45, 7) is 4.99. The molecule has 0 unspecified atom stereocenters. The summed E-state index contributed by atoms with van der Waals surface area (Å²) in [6, 6.07) is 10.9. The van der Waals surface area contributed by atoms with Gasteiger partial charge in [-0.2, -0.15) is 0 Å². The van der Waals surface area contributed by atoms with Gasteiger partial charge in [0.05, 0.1) is 11.4 Å². The van der Waals surface area contributed by atoms with Crippen molar-refractivity contribution in [2.24, 2.45) is 0 Å². The lowest BCUT2D eigenvalue weighted by Gasteiger charge is -2.11. The van der Waals surface area contributed by atoms with Crippen LogP contribution in [0.15, 0.2) is 36.4 Å². The molecule has 0 atom stereocenters. The van der Waals surface area contributed by atoms with Crippen LogP contribution >= 0.6 is 0 Å². The molecule has 2 aromatic carbocycles. The molecule has 0 fully saturated rings. The van der Waals surface area contributed by atoms with Crippen LogP contribution in [0, 0.1) is 19.7 Å². The second-order valence-electron chi connectivity index (χ2n) is 4.84. The molecule has 0 aromatic heterocycles. The van der Waals surface area contributed by atoms with E-state index >= 15 is 0 Å². The molecular formula is C16H19FN2. The van der Waals surface area contributed by atoms with Crippen molar-refractivity contribution in [1.82, 2.24) is 0 Å². The third-order valence-electron chi connectivity index (χ3n) is 3.22. The fraction of sp³-hybridized carbons (Fsp3) is 0.250. The van der Waals surface area contributed by atoms with Gasteiger partial charge in [0.2, 0.25) is 0 Å².